The Balaban J connectivity index is 0.000000539. The zero-order chi connectivity index (χ0) is 45.2. The summed E-state index contributed by atoms with van der Waals surface area (Å²) < 4.78 is 5.45. The van der Waals surface area contributed by atoms with E-state index in [0.29, 0.717) is 29.9 Å². The lowest BCUT2D eigenvalue weighted by Gasteiger charge is -2.43. The van der Waals surface area contributed by atoms with Gasteiger partial charge in [0.25, 0.3) is 0 Å². The lowest BCUT2D eigenvalue weighted by atomic mass is 9.70. The molecule has 1 aliphatic carbocycles. The first-order valence-electron chi connectivity index (χ1n) is 21.7. The van der Waals surface area contributed by atoms with Crippen molar-refractivity contribution in [3.05, 3.63) is 41.5 Å². The molecule has 59 heavy (non-hydrogen) atoms. The molecule has 11 nitrogen and oxygen atoms in total. The van der Waals surface area contributed by atoms with E-state index in [9.17, 15) is 14.7 Å². The summed E-state index contributed by atoms with van der Waals surface area (Å²) in [5, 5.41) is 27.9. The Hall–Kier alpha value is -3.06. The van der Waals surface area contributed by atoms with Gasteiger partial charge < -0.3 is 30.7 Å². The van der Waals surface area contributed by atoms with Crippen LogP contribution in [0.4, 0.5) is 11.5 Å². The number of carbonyl (C=O) groups excluding carboxylic acids is 2. The molecule has 5 N–H and O–H groups in total. The number of hydrogen-bond acceptors (Lipinski definition) is 11. The van der Waals surface area contributed by atoms with Crippen LogP contribution in [0, 0.1) is 29.1 Å². The maximum Gasteiger partial charge on any atom is 0.163 e. The number of nitrogens with two attached hydrogens (primary N) is 1. The summed E-state index contributed by atoms with van der Waals surface area (Å²) in [5.41, 5.74) is 11.8. The SMILES string of the molecule is CC(C)C(C)(C)CC(C)(C)C.CCC(C)(CO)CO.CCOCC(C)=Nc1c(N)nc2cc(CCCN3CCN(C(C)(C)CO)CC3)ccc2c1C.O=C1C=CC(=O)C1. The van der Waals surface area contributed by atoms with Gasteiger partial charge in [-0.25, -0.2) is 4.98 Å². The second-order valence-corrected chi connectivity index (χ2v) is 19.5. The van der Waals surface area contributed by atoms with Gasteiger partial charge in [-0.2, -0.15) is 0 Å². The molecular weight excluding hydrogens is 743 g/mol. The summed E-state index contributed by atoms with van der Waals surface area (Å²) in [4.78, 5) is 34.5. The minimum atomic E-state index is -0.264. The fraction of sp³-hybridized carbons (Fsp3) is 0.708. The number of aliphatic hydroxyl groups is 3. The van der Waals surface area contributed by atoms with Gasteiger partial charge in [0, 0.05) is 54.8 Å². The van der Waals surface area contributed by atoms with Gasteiger partial charge in [-0.15, -0.1) is 0 Å². The number of fused-ring (bicyclic) bond motifs is 1. The van der Waals surface area contributed by atoms with E-state index in [-0.39, 0.29) is 48.8 Å². The van der Waals surface area contributed by atoms with Gasteiger partial charge >= 0.3 is 0 Å². The molecule has 0 spiro atoms. The molecule has 336 valence electrons. The second kappa shape index (κ2) is 25.0. The standard InChI is InChI=1S/C26H41N5O2.C11H24.C6H14O2.C5H4O2/c1-6-33-17-19(2)28-24-20(3)22-10-9-21(16-23(22)29-25(24)27)8-7-11-30-12-14-31(15-13-30)26(4,5)18-32;1-9(2)11(6,7)8-10(3,4)5;1-3-6(2,4-7)5-8;6-4-1-2-5(7)3-4/h9-10,16,32H,6-8,11-15,17-18H2,1-5H3,(H2,27,29);9H,8H2,1-7H3;7-8H,3-5H2,1-2H3;1-2H,3H2. The highest BCUT2D eigenvalue weighted by molar-refractivity contribution is 6.16. The van der Waals surface area contributed by atoms with E-state index in [1.807, 2.05) is 27.7 Å². The molecule has 0 radical (unpaired) electrons. The van der Waals surface area contributed by atoms with Crippen LogP contribution < -0.4 is 5.73 Å². The lowest BCUT2D eigenvalue weighted by molar-refractivity contribution is -0.120. The van der Waals surface area contributed by atoms with E-state index >= 15 is 0 Å². The largest absolute Gasteiger partial charge is 0.396 e. The number of anilines is 1. The lowest BCUT2D eigenvalue weighted by Crippen LogP contribution is -2.56. The van der Waals surface area contributed by atoms with E-state index in [1.165, 1.54) is 24.1 Å². The third-order valence-corrected chi connectivity index (χ3v) is 11.6. The van der Waals surface area contributed by atoms with Gasteiger partial charge in [-0.05, 0) is 113 Å². The molecule has 11 heteroatoms. The van der Waals surface area contributed by atoms with Crippen molar-refractivity contribution in [2.45, 2.75) is 135 Å². The highest BCUT2D eigenvalue weighted by atomic mass is 16.5. The van der Waals surface area contributed by atoms with Crippen LogP contribution in [-0.4, -0.2) is 119 Å². The molecule has 2 heterocycles. The Labute approximate surface area is 357 Å². The Morgan fingerprint density at radius 1 is 0.915 bits per heavy atom. The van der Waals surface area contributed by atoms with Crippen molar-refractivity contribution in [1.29, 1.82) is 0 Å². The van der Waals surface area contributed by atoms with Crippen LogP contribution in [0.1, 0.15) is 127 Å². The first-order valence-corrected chi connectivity index (χ1v) is 21.7. The predicted octanol–water partition coefficient (Wildman–Crippen LogP) is 8.15. The van der Waals surface area contributed by atoms with Crippen molar-refractivity contribution in [3.8, 4) is 0 Å². The van der Waals surface area contributed by atoms with Crippen molar-refractivity contribution < 1.29 is 29.6 Å². The summed E-state index contributed by atoms with van der Waals surface area (Å²) >= 11 is 0. The number of carbonyl (C=O) groups is 2. The summed E-state index contributed by atoms with van der Waals surface area (Å²) in [6, 6.07) is 6.52. The number of aliphatic imine (C=N–C) groups is 1. The fourth-order valence-electron chi connectivity index (χ4n) is 6.76. The van der Waals surface area contributed by atoms with Crippen LogP contribution in [0.25, 0.3) is 10.9 Å². The molecule has 2 aromatic rings. The molecule has 1 aromatic carbocycles. The summed E-state index contributed by atoms with van der Waals surface area (Å²) in [6.45, 7) is 37.1. The number of allylic oxidation sites excluding steroid dienone is 2. The van der Waals surface area contributed by atoms with Gasteiger partial charge in [0.1, 0.15) is 11.5 Å². The molecule has 2 aliphatic rings. The number of nitrogens with zero attached hydrogens (tertiary/aromatic N) is 4. The number of aromatic nitrogens is 1. The van der Waals surface area contributed by atoms with Crippen LogP contribution in [0.3, 0.4) is 0 Å². The minimum Gasteiger partial charge on any atom is -0.396 e. The van der Waals surface area contributed by atoms with Gasteiger partial charge in [-0.1, -0.05) is 74.4 Å². The second-order valence-electron chi connectivity index (χ2n) is 19.5. The molecule has 1 saturated heterocycles. The molecule has 4 rings (SSSR count). The average molecular weight is 826 g/mol. The third kappa shape index (κ3) is 19.5. The summed E-state index contributed by atoms with van der Waals surface area (Å²) in [5.74, 6) is 1.09. The monoisotopic (exact) mass is 826 g/mol. The molecule has 1 fully saturated rings. The normalized spacial score (nSPS) is 15.8. The summed E-state index contributed by atoms with van der Waals surface area (Å²) in [6.07, 6.45) is 6.96. The van der Waals surface area contributed by atoms with Crippen molar-refractivity contribution >= 4 is 39.7 Å². The van der Waals surface area contributed by atoms with Crippen molar-refractivity contribution in [2.75, 3.05) is 71.5 Å². The highest BCUT2D eigenvalue weighted by Gasteiger charge is 2.29. The van der Waals surface area contributed by atoms with Crippen LogP contribution in [-0.2, 0) is 20.7 Å². The smallest absolute Gasteiger partial charge is 0.163 e. The highest BCUT2D eigenvalue weighted by Crippen LogP contribution is 2.38. The maximum atomic E-state index is 10.1. The Bertz CT molecular complexity index is 1620. The minimum absolute atomic E-state index is 0.0694. The van der Waals surface area contributed by atoms with Crippen LogP contribution in [0.15, 0.2) is 35.3 Å². The van der Waals surface area contributed by atoms with Crippen LogP contribution >= 0.6 is 0 Å². The number of ketones is 2. The molecule has 0 atom stereocenters. The zero-order valence-electron chi connectivity index (χ0n) is 39.5. The van der Waals surface area contributed by atoms with Crippen molar-refractivity contribution in [1.82, 2.24) is 14.8 Å². The number of piperazine rings is 1. The van der Waals surface area contributed by atoms with E-state index in [2.05, 4.69) is 107 Å². The predicted molar refractivity (Wildman–Crippen MR) is 247 cm³/mol. The number of ether oxygens (including phenoxy) is 1. The van der Waals surface area contributed by atoms with E-state index in [4.69, 9.17) is 20.7 Å². The molecule has 0 saturated carbocycles. The van der Waals surface area contributed by atoms with Gasteiger partial charge in [0.15, 0.2) is 11.6 Å². The Morgan fingerprint density at radius 3 is 1.90 bits per heavy atom. The molecule has 1 aromatic heterocycles. The van der Waals surface area contributed by atoms with Gasteiger partial charge in [0.2, 0.25) is 0 Å². The first-order chi connectivity index (χ1) is 27.4. The number of nitrogen functional groups attached to an aromatic ring is 1. The number of rotatable bonds is 15. The molecule has 0 unspecified atom stereocenters. The molecule has 0 amide bonds. The van der Waals surface area contributed by atoms with E-state index in [0.717, 1.165) is 85.8 Å². The fourth-order valence-corrected chi connectivity index (χ4v) is 6.76. The van der Waals surface area contributed by atoms with E-state index in [1.54, 1.807) is 0 Å². The topological polar surface area (TPSA) is 162 Å². The quantitative estimate of drug-likeness (QED) is 0.102. The number of benzene rings is 1. The number of aryl methyl sites for hydroxylation is 2. The van der Waals surface area contributed by atoms with Gasteiger partial charge in [0.05, 0.1) is 38.4 Å². The van der Waals surface area contributed by atoms with Crippen molar-refractivity contribution in [2.24, 2.45) is 27.2 Å². The Kier molecular flexibility index (Phi) is 22.9. The van der Waals surface area contributed by atoms with Gasteiger partial charge in [-0.3, -0.25) is 19.5 Å². The summed E-state index contributed by atoms with van der Waals surface area (Å²) in [7, 11) is 0. The Morgan fingerprint density at radius 2 is 1.49 bits per heavy atom. The zero-order valence-corrected chi connectivity index (χ0v) is 39.5. The number of hydrogen-bond donors (Lipinski definition) is 4. The third-order valence-electron chi connectivity index (χ3n) is 11.6. The number of pyridine rings is 1. The first kappa shape index (κ1) is 54.0. The molecule has 1 aliphatic heterocycles. The molecule has 0 bridgehead atoms. The van der Waals surface area contributed by atoms with E-state index < -0.39 is 0 Å². The maximum absolute atomic E-state index is 10.1. The molecular formula is C48H83N5O6. The number of aliphatic hydroxyl groups excluding tert-OH is 3. The van der Waals surface area contributed by atoms with Crippen LogP contribution in [0.2, 0.25) is 0 Å². The average Bonchev–Trinajstić information content (AvgIpc) is 3.56. The van der Waals surface area contributed by atoms with Crippen LogP contribution in [0.5, 0.6) is 0 Å². The van der Waals surface area contributed by atoms with Crippen molar-refractivity contribution in [3.63, 3.8) is 0 Å².